The van der Waals surface area contributed by atoms with Gasteiger partial charge in [-0.2, -0.15) is 0 Å². The summed E-state index contributed by atoms with van der Waals surface area (Å²) in [5.74, 6) is 1.53. The fourth-order valence-corrected chi connectivity index (χ4v) is 3.71. The van der Waals surface area contributed by atoms with Gasteiger partial charge in [-0.3, -0.25) is 4.57 Å². The molecule has 0 aromatic heterocycles. The van der Waals surface area contributed by atoms with Crippen LogP contribution in [0.3, 0.4) is 0 Å². The van der Waals surface area contributed by atoms with Gasteiger partial charge in [0, 0.05) is 10.7 Å². The highest BCUT2D eigenvalue weighted by Gasteiger charge is 2.22. The minimum Gasteiger partial charge on any atom is -0.355 e. The zero-order chi connectivity index (χ0) is 17.4. The van der Waals surface area contributed by atoms with Crippen molar-refractivity contribution >= 4 is 30.6 Å². The number of nitrogens with one attached hydrogen (secondary N) is 1. The first-order valence-electron chi connectivity index (χ1n) is 7.76. The van der Waals surface area contributed by atoms with Crippen molar-refractivity contribution in [3.05, 3.63) is 71.0 Å². The van der Waals surface area contributed by atoms with Crippen LogP contribution >= 0.6 is 19.2 Å². The Morgan fingerprint density at radius 1 is 1.04 bits per heavy atom. The van der Waals surface area contributed by atoms with Gasteiger partial charge in [0.15, 0.2) is 0 Å². The van der Waals surface area contributed by atoms with Crippen LogP contribution in [0.15, 0.2) is 60.4 Å². The SMILES string of the molecule is CCOP(=O)(/C=C(/Nc1ccc(Cl)cc1)c1ccccc1)OCC. The minimum atomic E-state index is -3.34. The quantitative estimate of drug-likeness (QED) is 0.581. The zero-order valence-corrected chi connectivity index (χ0v) is 15.4. The first-order chi connectivity index (χ1) is 11.6. The van der Waals surface area contributed by atoms with E-state index in [1.165, 1.54) is 5.82 Å². The molecule has 0 fully saturated rings. The molecule has 6 heteroatoms. The van der Waals surface area contributed by atoms with Crippen molar-refractivity contribution in [2.45, 2.75) is 13.8 Å². The molecular formula is C18H21ClNO3P. The van der Waals surface area contributed by atoms with Gasteiger partial charge in [0.25, 0.3) is 0 Å². The first kappa shape index (κ1) is 18.8. The molecule has 0 radical (unpaired) electrons. The second-order valence-corrected chi connectivity index (χ2v) is 7.21. The summed E-state index contributed by atoms with van der Waals surface area (Å²) in [7, 11) is -3.34. The van der Waals surface area contributed by atoms with Crippen LogP contribution in [0.4, 0.5) is 5.69 Å². The first-order valence-corrected chi connectivity index (χ1v) is 9.75. The molecule has 0 amide bonds. The third kappa shape index (κ3) is 5.50. The normalized spacial score (nSPS) is 12.2. The molecular weight excluding hydrogens is 345 g/mol. The average Bonchev–Trinajstić information content (AvgIpc) is 2.57. The summed E-state index contributed by atoms with van der Waals surface area (Å²) < 4.78 is 23.6. The Bertz CT molecular complexity index is 707. The van der Waals surface area contributed by atoms with E-state index in [0.29, 0.717) is 23.9 Å². The van der Waals surface area contributed by atoms with Gasteiger partial charge >= 0.3 is 7.60 Å². The summed E-state index contributed by atoms with van der Waals surface area (Å²) in [6.45, 7) is 4.18. The lowest BCUT2D eigenvalue weighted by Crippen LogP contribution is -2.01. The lowest BCUT2D eigenvalue weighted by Gasteiger charge is -2.17. The molecule has 1 N–H and O–H groups in total. The molecule has 0 atom stereocenters. The number of hydrogen-bond donors (Lipinski definition) is 1. The number of hydrogen-bond acceptors (Lipinski definition) is 4. The van der Waals surface area contributed by atoms with Gasteiger partial charge in [-0.15, -0.1) is 0 Å². The average molecular weight is 366 g/mol. The largest absolute Gasteiger partial charge is 0.356 e. The summed E-state index contributed by atoms with van der Waals surface area (Å²) in [4.78, 5) is 0. The van der Waals surface area contributed by atoms with Crippen molar-refractivity contribution in [2.24, 2.45) is 0 Å². The van der Waals surface area contributed by atoms with E-state index in [9.17, 15) is 4.57 Å². The van der Waals surface area contributed by atoms with E-state index in [-0.39, 0.29) is 0 Å². The summed E-state index contributed by atoms with van der Waals surface area (Å²) >= 11 is 5.93. The lowest BCUT2D eigenvalue weighted by molar-refractivity contribution is 0.229. The van der Waals surface area contributed by atoms with E-state index >= 15 is 0 Å². The van der Waals surface area contributed by atoms with Crippen LogP contribution in [0.1, 0.15) is 19.4 Å². The van der Waals surface area contributed by atoms with Crippen LogP contribution < -0.4 is 5.32 Å². The fourth-order valence-electron chi connectivity index (χ4n) is 2.12. The van der Waals surface area contributed by atoms with Gasteiger partial charge in [0.2, 0.25) is 0 Å². The molecule has 2 aromatic rings. The molecule has 2 rings (SSSR count). The molecule has 0 saturated heterocycles. The van der Waals surface area contributed by atoms with Crippen molar-refractivity contribution in [3.63, 3.8) is 0 Å². The molecule has 0 unspecified atom stereocenters. The molecule has 2 aromatic carbocycles. The highest BCUT2D eigenvalue weighted by atomic mass is 35.5. The van der Waals surface area contributed by atoms with Crippen molar-refractivity contribution < 1.29 is 13.6 Å². The monoisotopic (exact) mass is 365 g/mol. The fraction of sp³-hybridized carbons (Fsp3) is 0.222. The third-order valence-electron chi connectivity index (χ3n) is 3.11. The molecule has 24 heavy (non-hydrogen) atoms. The number of rotatable bonds is 8. The van der Waals surface area contributed by atoms with Crippen LogP contribution in [-0.2, 0) is 13.6 Å². The molecule has 0 aliphatic carbocycles. The maximum atomic E-state index is 12.9. The topological polar surface area (TPSA) is 47.6 Å². The Kier molecular flexibility index (Phi) is 7.07. The van der Waals surface area contributed by atoms with Crippen LogP contribution in [0.5, 0.6) is 0 Å². The summed E-state index contributed by atoms with van der Waals surface area (Å²) in [6.07, 6.45) is 0. The highest BCUT2D eigenvalue weighted by Crippen LogP contribution is 2.51. The van der Waals surface area contributed by atoms with E-state index in [4.69, 9.17) is 20.6 Å². The van der Waals surface area contributed by atoms with Gasteiger partial charge < -0.3 is 14.4 Å². The standard InChI is InChI=1S/C18H21ClNO3P/c1-3-22-24(21,23-4-2)14-18(15-8-6-5-7-9-15)20-17-12-10-16(19)11-13-17/h5-14,20H,3-4H2,1-2H3/b18-14+. The van der Waals surface area contributed by atoms with E-state index in [0.717, 1.165) is 11.3 Å². The predicted octanol–water partition coefficient (Wildman–Crippen LogP) is 6.02. The maximum absolute atomic E-state index is 12.9. The van der Waals surface area contributed by atoms with Gasteiger partial charge in [-0.05, 0) is 43.7 Å². The maximum Gasteiger partial charge on any atom is 0.356 e. The van der Waals surface area contributed by atoms with Crippen LogP contribution in [-0.4, -0.2) is 13.2 Å². The molecule has 0 bridgehead atoms. The third-order valence-corrected chi connectivity index (χ3v) is 5.18. The number of anilines is 1. The van der Waals surface area contributed by atoms with E-state index in [1.807, 2.05) is 42.5 Å². The molecule has 0 aliphatic heterocycles. The molecule has 4 nitrogen and oxygen atoms in total. The highest BCUT2D eigenvalue weighted by molar-refractivity contribution is 7.57. The Labute approximate surface area is 148 Å². The van der Waals surface area contributed by atoms with Gasteiger partial charge in [0.05, 0.1) is 24.7 Å². The summed E-state index contributed by atoms with van der Waals surface area (Å²) in [5, 5.41) is 3.92. The zero-order valence-electron chi connectivity index (χ0n) is 13.7. The van der Waals surface area contributed by atoms with Crippen molar-refractivity contribution in [1.82, 2.24) is 0 Å². The smallest absolute Gasteiger partial charge is 0.355 e. The van der Waals surface area contributed by atoms with E-state index in [1.54, 1.807) is 26.0 Å². The van der Waals surface area contributed by atoms with Gasteiger partial charge in [0.1, 0.15) is 0 Å². The lowest BCUT2D eigenvalue weighted by atomic mass is 10.1. The Morgan fingerprint density at radius 3 is 2.17 bits per heavy atom. The number of halogens is 1. The van der Waals surface area contributed by atoms with E-state index in [2.05, 4.69) is 5.32 Å². The molecule has 128 valence electrons. The summed E-state index contributed by atoms with van der Waals surface area (Å²) in [5.41, 5.74) is 2.37. The second kappa shape index (κ2) is 9.05. The van der Waals surface area contributed by atoms with Gasteiger partial charge in [-0.25, -0.2) is 0 Å². The minimum absolute atomic E-state index is 0.302. The van der Waals surface area contributed by atoms with Crippen LogP contribution in [0.25, 0.3) is 5.70 Å². The Hall–Kier alpha value is -1.58. The Balaban J connectivity index is 2.40. The summed E-state index contributed by atoms with van der Waals surface area (Å²) in [6, 6.07) is 16.9. The van der Waals surface area contributed by atoms with Crippen LogP contribution in [0, 0.1) is 0 Å². The van der Waals surface area contributed by atoms with Crippen molar-refractivity contribution in [1.29, 1.82) is 0 Å². The van der Waals surface area contributed by atoms with Crippen molar-refractivity contribution in [2.75, 3.05) is 18.5 Å². The molecule has 0 heterocycles. The predicted molar refractivity (Wildman–Crippen MR) is 100 cm³/mol. The number of benzene rings is 2. The van der Waals surface area contributed by atoms with Gasteiger partial charge in [-0.1, -0.05) is 41.9 Å². The second-order valence-electron chi connectivity index (χ2n) is 4.92. The van der Waals surface area contributed by atoms with Crippen molar-refractivity contribution in [3.8, 4) is 0 Å². The molecule has 0 saturated carbocycles. The van der Waals surface area contributed by atoms with Crippen LogP contribution in [0.2, 0.25) is 5.02 Å². The molecule has 0 aliphatic rings. The van der Waals surface area contributed by atoms with E-state index < -0.39 is 7.60 Å². The molecule has 0 spiro atoms. The Morgan fingerprint density at radius 2 is 1.62 bits per heavy atom.